The summed E-state index contributed by atoms with van der Waals surface area (Å²) in [7, 11) is 0. The van der Waals surface area contributed by atoms with Crippen molar-refractivity contribution in [2.75, 3.05) is 11.9 Å². The van der Waals surface area contributed by atoms with Gasteiger partial charge < -0.3 is 5.32 Å². The van der Waals surface area contributed by atoms with Crippen molar-refractivity contribution in [3.63, 3.8) is 0 Å². The van der Waals surface area contributed by atoms with Gasteiger partial charge in [0.1, 0.15) is 0 Å². The molecule has 0 bridgehead atoms. The van der Waals surface area contributed by atoms with Gasteiger partial charge in [0.05, 0.1) is 12.2 Å². The van der Waals surface area contributed by atoms with Gasteiger partial charge in [-0.2, -0.15) is 0 Å². The third-order valence-corrected chi connectivity index (χ3v) is 3.11. The minimum Gasteiger partial charge on any atom is -0.351 e. The maximum atomic E-state index is 5.15. The van der Waals surface area contributed by atoms with Crippen LogP contribution < -0.4 is 5.32 Å². The molecule has 0 atom stereocenters. The molecule has 13 heavy (non-hydrogen) atoms. The van der Waals surface area contributed by atoms with Crippen molar-refractivity contribution >= 4 is 16.5 Å². The molecule has 1 N–H and O–H groups in total. The molecular formula is C10H14N2S. The lowest BCUT2D eigenvalue weighted by Gasteiger charge is -1.99. The fraction of sp³-hybridized carbons (Fsp3) is 0.500. The Balaban J connectivity index is 2.78. The summed E-state index contributed by atoms with van der Waals surface area (Å²) in [5, 5.41) is 4.01. The summed E-state index contributed by atoms with van der Waals surface area (Å²) in [5.41, 5.74) is 1.11. The van der Waals surface area contributed by atoms with Crippen molar-refractivity contribution in [1.82, 2.24) is 4.98 Å². The zero-order valence-electron chi connectivity index (χ0n) is 8.22. The summed E-state index contributed by atoms with van der Waals surface area (Å²) in [5.74, 6) is 3.07. The Labute approximate surface area is 83.4 Å². The van der Waals surface area contributed by atoms with Gasteiger partial charge in [-0.25, -0.2) is 4.98 Å². The third kappa shape index (κ3) is 2.46. The Morgan fingerprint density at radius 3 is 2.77 bits per heavy atom. The minimum atomic E-state index is 0.541. The summed E-state index contributed by atoms with van der Waals surface area (Å²) in [6, 6.07) is 0. The smallest absolute Gasteiger partial charge is 0.183 e. The predicted molar refractivity (Wildman–Crippen MR) is 58.3 cm³/mol. The monoisotopic (exact) mass is 194 g/mol. The van der Waals surface area contributed by atoms with E-state index < -0.39 is 0 Å². The van der Waals surface area contributed by atoms with E-state index in [1.165, 1.54) is 4.88 Å². The molecule has 0 aromatic carbocycles. The van der Waals surface area contributed by atoms with Crippen molar-refractivity contribution in [1.29, 1.82) is 0 Å². The molecule has 1 aromatic rings. The van der Waals surface area contributed by atoms with Crippen molar-refractivity contribution in [2.45, 2.75) is 26.7 Å². The quantitative estimate of drug-likeness (QED) is 0.748. The van der Waals surface area contributed by atoms with E-state index in [1.54, 1.807) is 11.3 Å². The number of aromatic nitrogens is 1. The van der Waals surface area contributed by atoms with Crippen LogP contribution in [0.1, 0.15) is 30.3 Å². The highest BCUT2D eigenvalue weighted by molar-refractivity contribution is 7.15. The SMILES string of the molecule is C#CCNc1nc(C)c(C(C)C)s1. The summed E-state index contributed by atoms with van der Waals surface area (Å²) in [4.78, 5) is 5.71. The van der Waals surface area contributed by atoms with E-state index in [0.29, 0.717) is 12.5 Å². The van der Waals surface area contributed by atoms with Gasteiger partial charge in [-0.1, -0.05) is 19.8 Å². The Morgan fingerprint density at radius 1 is 1.62 bits per heavy atom. The number of nitrogens with zero attached hydrogens (tertiary/aromatic N) is 1. The number of hydrogen-bond acceptors (Lipinski definition) is 3. The lowest BCUT2D eigenvalue weighted by atomic mass is 10.1. The number of anilines is 1. The predicted octanol–water partition coefficient (Wildman–Crippen LogP) is 2.62. The van der Waals surface area contributed by atoms with Gasteiger partial charge in [-0.15, -0.1) is 17.8 Å². The second-order valence-electron chi connectivity index (χ2n) is 3.18. The lowest BCUT2D eigenvalue weighted by molar-refractivity contribution is 0.873. The first-order chi connectivity index (χ1) is 6.15. The Morgan fingerprint density at radius 2 is 2.31 bits per heavy atom. The standard InChI is InChI=1S/C10H14N2S/c1-5-6-11-10-12-8(4)9(13-10)7(2)3/h1,7H,6H2,2-4H3,(H,11,12). The highest BCUT2D eigenvalue weighted by Gasteiger charge is 2.09. The van der Waals surface area contributed by atoms with Gasteiger partial charge in [-0.3, -0.25) is 0 Å². The molecule has 0 radical (unpaired) electrons. The van der Waals surface area contributed by atoms with Gasteiger partial charge in [0.15, 0.2) is 5.13 Å². The molecule has 0 aliphatic carbocycles. The molecule has 1 rings (SSSR count). The maximum absolute atomic E-state index is 5.15. The molecule has 0 aliphatic rings. The fourth-order valence-electron chi connectivity index (χ4n) is 1.15. The second-order valence-corrected chi connectivity index (χ2v) is 4.21. The van der Waals surface area contributed by atoms with Crippen molar-refractivity contribution in [3.05, 3.63) is 10.6 Å². The number of hydrogen-bond donors (Lipinski definition) is 1. The van der Waals surface area contributed by atoms with Crippen LogP contribution in [0.5, 0.6) is 0 Å². The largest absolute Gasteiger partial charge is 0.351 e. The summed E-state index contributed by atoms with van der Waals surface area (Å²) in [6.07, 6.45) is 5.15. The summed E-state index contributed by atoms with van der Waals surface area (Å²) < 4.78 is 0. The number of terminal acetylenes is 1. The van der Waals surface area contributed by atoms with Crippen molar-refractivity contribution in [3.8, 4) is 12.3 Å². The summed E-state index contributed by atoms with van der Waals surface area (Å²) >= 11 is 1.69. The minimum absolute atomic E-state index is 0.541. The van der Waals surface area contributed by atoms with E-state index >= 15 is 0 Å². The van der Waals surface area contributed by atoms with Crippen LogP contribution in [0.2, 0.25) is 0 Å². The van der Waals surface area contributed by atoms with Gasteiger partial charge >= 0.3 is 0 Å². The van der Waals surface area contributed by atoms with E-state index in [0.717, 1.165) is 10.8 Å². The number of thiazole rings is 1. The molecule has 0 spiro atoms. The second kappa shape index (κ2) is 4.29. The van der Waals surface area contributed by atoms with Crippen LogP contribution in [0.25, 0.3) is 0 Å². The van der Waals surface area contributed by atoms with E-state index in [4.69, 9.17) is 6.42 Å². The van der Waals surface area contributed by atoms with E-state index in [-0.39, 0.29) is 0 Å². The van der Waals surface area contributed by atoms with Crippen LogP contribution in [0, 0.1) is 19.3 Å². The Bertz CT molecular complexity index is 320. The van der Waals surface area contributed by atoms with Gasteiger partial charge in [0.2, 0.25) is 0 Å². The van der Waals surface area contributed by atoms with Gasteiger partial charge in [-0.05, 0) is 12.8 Å². The Hall–Kier alpha value is -1.01. The van der Waals surface area contributed by atoms with Crippen LogP contribution in [-0.4, -0.2) is 11.5 Å². The highest BCUT2D eigenvalue weighted by atomic mass is 32.1. The maximum Gasteiger partial charge on any atom is 0.183 e. The summed E-state index contributed by atoms with van der Waals surface area (Å²) in [6.45, 7) is 6.92. The first-order valence-electron chi connectivity index (χ1n) is 4.29. The molecule has 0 saturated carbocycles. The molecule has 1 aromatic heterocycles. The molecule has 0 aliphatic heterocycles. The zero-order valence-corrected chi connectivity index (χ0v) is 9.03. The number of nitrogens with one attached hydrogen (secondary N) is 1. The van der Waals surface area contributed by atoms with Crippen LogP contribution in [0.4, 0.5) is 5.13 Å². The highest BCUT2D eigenvalue weighted by Crippen LogP contribution is 2.28. The first-order valence-corrected chi connectivity index (χ1v) is 5.11. The molecule has 0 amide bonds. The lowest BCUT2D eigenvalue weighted by Crippen LogP contribution is -1.96. The van der Waals surface area contributed by atoms with Gasteiger partial charge in [0.25, 0.3) is 0 Å². The first kappa shape index (κ1) is 10.1. The molecule has 2 nitrogen and oxygen atoms in total. The van der Waals surface area contributed by atoms with Crippen LogP contribution >= 0.6 is 11.3 Å². The van der Waals surface area contributed by atoms with Crippen LogP contribution in [-0.2, 0) is 0 Å². The van der Waals surface area contributed by atoms with Crippen molar-refractivity contribution in [2.24, 2.45) is 0 Å². The van der Waals surface area contributed by atoms with E-state index in [9.17, 15) is 0 Å². The van der Waals surface area contributed by atoms with Gasteiger partial charge in [0, 0.05) is 4.88 Å². The van der Waals surface area contributed by atoms with E-state index in [1.807, 2.05) is 6.92 Å². The van der Waals surface area contributed by atoms with Crippen LogP contribution in [0.3, 0.4) is 0 Å². The molecular weight excluding hydrogens is 180 g/mol. The number of rotatable bonds is 3. The Kier molecular flexibility index (Phi) is 3.32. The van der Waals surface area contributed by atoms with Crippen LogP contribution in [0.15, 0.2) is 0 Å². The molecule has 0 unspecified atom stereocenters. The topological polar surface area (TPSA) is 24.9 Å². The average molecular weight is 194 g/mol. The normalized spacial score (nSPS) is 10.1. The van der Waals surface area contributed by atoms with E-state index in [2.05, 4.69) is 30.1 Å². The molecule has 1 heterocycles. The fourth-order valence-corrected chi connectivity index (χ4v) is 2.11. The third-order valence-electron chi connectivity index (χ3n) is 1.70. The molecule has 70 valence electrons. The number of aryl methyl sites for hydroxylation is 1. The zero-order chi connectivity index (χ0) is 9.84. The molecule has 0 fully saturated rings. The molecule has 3 heteroatoms. The van der Waals surface area contributed by atoms with Crippen molar-refractivity contribution < 1.29 is 0 Å². The molecule has 0 saturated heterocycles. The average Bonchev–Trinajstić information content (AvgIpc) is 2.43.